The molecule has 1 amide bonds. The zero-order valence-electron chi connectivity index (χ0n) is 17.8. The average molecular weight is 399 g/mol. The van der Waals surface area contributed by atoms with Crippen molar-refractivity contribution in [3.8, 4) is 0 Å². The Kier molecular flexibility index (Phi) is 5.80. The summed E-state index contributed by atoms with van der Waals surface area (Å²) in [4.78, 5) is 28.1. The molecule has 0 N–H and O–H groups in total. The van der Waals surface area contributed by atoms with E-state index >= 15 is 0 Å². The molecule has 0 unspecified atom stereocenters. The number of carbonyl (C=O) groups is 2. The van der Waals surface area contributed by atoms with Gasteiger partial charge in [0.25, 0.3) is 5.91 Å². The van der Waals surface area contributed by atoms with Crippen molar-refractivity contribution in [3.63, 3.8) is 0 Å². The Morgan fingerprint density at radius 3 is 2.48 bits per heavy atom. The van der Waals surface area contributed by atoms with Gasteiger partial charge in [0.05, 0.1) is 19.4 Å². The molecule has 7 nitrogen and oxygen atoms in total. The number of benzene rings is 1. The van der Waals surface area contributed by atoms with Crippen LogP contribution in [0.1, 0.15) is 48.9 Å². The number of methoxy groups -OCH3 is 1. The van der Waals surface area contributed by atoms with Gasteiger partial charge in [-0.3, -0.25) is 9.48 Å². The number of ether oxygens (including phenoxy) is 2. The molecule has 1 atom stereocenters. The molecule has 0 bridgehead atoms. The Morgan fingerprint density at radius 2 is 1.97 bits per heavy atom. The fourth-order valence-corrected chi connectivity index (χ4v) is 3.58. The number of nitrogens with zero attached hydrogens (tertiary/aromatic N) is 3. The third-order valence-corrected chi connectivity index (χ3v) is 5.38. The number of hydrogen-bond donors (Lipinski definition) is 0. The van der Waals surface area contributed by atoms with Crippen LogP contribution >= 0.6 is 0 Å². The number of amides is 1. The third kappa shape index (κ3) is 4.05. The van der Waals surface area contributed by atoms with Gasteiger partial charge in [-0.25, -0.2) is 4.79 Å². The number of esters is 1. The van der Waals surface area contributed by atoms with Gasteiger partial charge in [0.1, 0.15) is 5.69 Å². The van der Waals surface area contributed by atoms with Crippen LogP contribution in [-0.4, -0.2) is 52.4 Å². The summed E-state index contributed by atoms with van der Waals surface area (Å²) in [7, 11) is 3.09. The maximum absolute atomic E-state index is 13.7. The standard InChI is InChI=1S/C22H29N3O4/c1-21(2,3)18-13-17(24(4)23-18)19(26)25(14-16-9-7-6-8-10-16)22(20(27)28-5)11-12-29-15-22/h6-10,13H,11-12,14-15H2,1-5H3/t22-/m0/s1. The summed E-state index contributed by atoms with van der Waals surface area (Å²) in [5, 5.41) is 4.53. The van der Waals surface area contributed by atoms with Crippen LogP contribution in [0.15, 0.2) is 36.4 Å². The highest BCUT2D eigenvalue weighted by Crippen LogP contribution is 2.32. The molecule has 0 radical (unpaired) electrons. The van der Waals surface area contributed by atoms with Crippen molar-refractivity contribution in [1.29, 1.82) is 0 Å². The van der Waals surface area contributed by atoms with E-state index in [1.54, 1.807) is 22.7 Å². The molecule has 1 aliphatic heterocycles. The normalized spacial score (nSPS) is 19.2. The molecule has 0 saturated carbocycles. The topological polar surface area (TPSA) is 73.7 Å². The number of carbonyl (C=O) groups excluding carboxylic acids is 2. The summed E-state index contributed by atoms with van der Waals surface area (Å²) in [5.41, 5.74) is 0.818. The van der Waals surface area contributed by atoms with Crippen molar-refractivity contribution in [2.24, 2.45) is 7.05 Å². The summed E-state index contributed by atoms with van der Waals surface area (Å²) in [6.07, 6.45) is 0.391. The lowest BCUT2D eigenvalue weighted by Crippen LogP contribution is -2.58. The highest BCUT2D eigenvalue weighted by Gasteiger charge is 2.51. The van der Waals surface area contributed by atoms with Gasteiger partial charge in [0, 0.05) is 32.0 Å². The van der Waals surface area contributed by atoms with Crippen LogP contribution < -0.4 is 0 Å². The molecule has 0 spiro atoms. The smallest absolute Gasteiger partial charge is 0.334 e. The second kappa shape index (κ2) is 7.99. The molecule has 1 aromatic carbocycles. The highest BCUT2D eigenvalue weighted by molar-refractivity contribution is 5.97. The molecular weight excluding hydrogens is 370 g/mol. The van der Waals surface area contributed by atoms with Crippen molar-refractivity contribution in [1.82, 2.24) is 14.7 Å². The van der Waals surface area contributed by atoms with Crippen LogP contribution in [0.25, 0.3) is 0 Å². The van der Waals surface area contributed by atoms with Crippen LogP contribution in [-0.2, 0) is 33.3 Å². The van der Waals surface area contributed by atoms with Crippen LogP contribution in [0.5, 0.6) is 0 Å². The molecule has 1 fully saturated rings. The Morgan fingerprint density at radius 1 is 1.28 bits per heavy atom. The molecule has 156 valence electrons. The van der Waals surface area contributed by atoms with E-state index in [1.807, 2.05) is 51.1 Å². The Hall–Kier alpha value is -2.67. The van der Waals surface area contributed by atoms with E-state index in [0.717, 1.165) is 11.3 Å². The minimum atomic E-state index is -1.16. The van der Waals surface area contributed by atoms with Gasteiger partial charge in [0.15, 0.2) is 5.54 Å². The number of aryl methyl sites for hydroxylation is 1. The predicted octanol–water partition coefficient (Wildman–Crippen LogP) is 2.69. The largest absolute Gasteiger partial charge is 0.467 e. The van der Waals surface area contributed by atoms with Gasteiger partial charge >= 0.3 is 5.97 Å². The van der Waals surface area contributed by atoms with Gasteiger partial charge in [-0.15, -0.1) is 0 Å². The molecule has 7 heteroatoms. The lowest BCUT2D eigenvalue weighted by atomic mass is 9.91. The van der Waals surface area contributed by atoms with Gasteiger partial charge in [-0.2, -0.15) is 5.10 Å². The monoisotopic (exact) mass is 399 g/mol. The molecule has 3 rings (SSSR count). The van der Waals surface area contributed by atoms with Gasteiger partial charge < -0.3 is 14.4 Å². The van der Waals surface area contributed by atoms with E-state index in [-0.39, 0.29) is 24.5 Å². The SMILES string of the molecule is COC(=O)[C@]1(N(Cc2ccccc2)C(=O)c2cc(C(C)(C)C)nn2C)CCOC1. The van der Waals surface area contributed by atoms with E-state index in [9.17, 15) is 9.59 Å². The Bertz CT molecular complexity index is 877. The van der Waals surface area contributed by atoms with Crippen LogP contribution in [0.4, 0.5) is 0 Å². The second-order valence-electron chi connectivity index (χ2n) is 8.49. The van der Waals surface area contributed by atoms with Crippen molar-refractivity contribution in [2.75, 3.05) is 20.3 Å². The molecule has 29 heavy (non-hydrogen) atoms. The lowest BCUT2D eigenvalue weighted by molar-refractivity contribution is -0.154. The Labute approximate surface area is 171 Å². The minimum Gasteiger partial charge on any atom is -0.467 e. The fraction of sp³-hybridized carbons (Fsp3) is 0.500. The number of rotatable bonds is 5. The van der Waals surface area contributed by atoms with E-state index < -0.39 is 11.5 Å². The molecule has 1 saturated heterocycles. The van der Waals surface area contributed by atoms with Crippen molar-refractivity contribution < 1.29 is 19.1 Å². The van der Waals surface area contributed by atoms with Gasteiger partial charge in [-0.05, 0) is 11.6 Å². The second-order valence-corrected chi connectivity index (χ2v) is 8.49. The zero-order chi connectivity index (χ0) is 21.2. The molecular formula is C22H29N3O4. The van der Waals surface area contributed by atoms with Gasteiger partial charge in [0.2, 0.25) is 0 Å². The first-order valence-corrected chi connectivity index (χ1v) is 9.75. The summed E-state index contributed by atoms with van der Waals surface area (Å²) >= 11 is 0. The Balaban J connectivity index is 2.06. The van der Waals surface area contributed by atoms with Gasteiger partial charge in [-0.1, -0.05) is 51.1 Å². The molecule has 2 aromatic rings. The molecule has 0 aliphatic carbocycles. The first kappa shape index (κ1) is 21.0. The van der Waals surface area contributed by atoms with E-state index in [4.69, 9.17) is 9.47 Å². The third-order valence-electron chi connectivity index (χ3n) is 5.38. The zero-order valence-corrected chi connectivity index (χ0v) is 17.8. The lowest BCUT2D eigenvalue weighted by Gasteiger charge is -2.37. The van der Waals surface area contributed by atoms with Crippen molar-refractivity contribution in [2.45, 2.75) is 44.7 Å². The predicted molar refractivity (Wildman–Crippen MR) is 108 cm³/mol. The summed E-state index contributed by atoms with van der Waals surface area (Å²) in [5.74, 6) is -0.729. The van der Waals surface area contributed by atoms with E-state index in [2.05, 4.69) is 5.10 Å². The number of aromatic nitrogens is 2. The highest BCUT2D eigenvalue weighted by atomic mass is 16.5. The maximum Gasteiger partial charge on any atom is 0.334 e. The van der Waals surface area contributed by atoms with E-state index in [0.29, 0.717) is 18.7 Å². The molecule has 2 heterocycles. The summed E-state index contributed by atoms with van der Waals surface area (Å²) in [6.45, 7) is 6.92. The quantitative estimate of drug-likeness (QED) is 0.723. The fourth-order valence-electron chi connectivity index (χ4n) is 3.58. The van der Waals surface area contributed by atoms with Crippen LogP contribution in [0, 0.1) is 0 Å². The summed E-state index contributed by atoms with van der Waals surface area (Å²) in [6, 6.07) is 11.4. The van der Waals surface area contributed by atoms with Crippen molar-refractivity contribution in [3.05, 3.63) is 53.3 Å². The maximum atomic E-state index is 13.7. The number of hydrogen-bond acceptors (Lipinski definition) is 5. The summed E-state index contributed by atoms with van der Waals surface area (Å²) < 4.78 is 12.2. The molecule has 1 aromatic heterocycles. The first-order chi connectivity index (χ1) is 13.7. The van der Waals surface area contributed by atoms with E-state index in [1.165, 1.54) is 7.11 Å². The average Bonchev–Trinajstić information content (AvgIpc) is 3.33. The van der Waals surface area contributed by atoms with Crippen LogP contribution in [0.3, 0.4) is 0 Å². The molecule has 1 aliphatic rings. The van der Waals surface area contributed by atoms with Crippen molar-refractivity contribution >= 4 is 11.9 Å². The van der Waals surface area contributed by atoms with Crippen LogP contribution in [0.2, 0.25) is 0 Å². The minimum absolute atomic E-state index is 0.113. The first-order valence-electron chi connectivity index (χ1n) is 9.75.